The summed E-state index contributed by atoms with van der Waals surface area (Å²) in [5.74, 6) is 0.498. The zero-order chi connectivity index (χ0) is 22.7. The molecule has 0 saturated carbocycles. The molecule has 3 aromatic rings. The minimum absolute atomic E-state index is 0.0612. The van der Waals surface area contributed by atoms with E-state index in [0.717, 1.165) is 17.5 Å². The van der Waals surface area contributed by atoms with Crippen molar-refractivity contribution in [3.8, 4) is 11.4 Å². The summed E-state index contributed by atoms with van der Waals surface area (Å²) < 4.78 is 2.09. The van der Waals surface area contributed by atoms with Crippen LogP contribution in [0, 0.1) is 17.6 Å². The third-order valence-electron chi connectivity index (χ3n) is 5.45. The second-order valence-corrected chi connectivity index (χ2v) is 8.66. The molecule has 0 spiro atoms. The number of H-pyrrole nitrogens is 1. The fourth-order valence-corrected chi connectivity index (χ4v) is 4.11. The van der Waals surface area contributed by atoms with Gasteiger partial charge in [-0.15, -0.1) is 0 Å². The number of aryl methyl sites for hydroxylation is 1. The Morgan fingerprint density at radius 2 is 2.16 bits per heavy atom. The Kier molecular flexibility index (Phi) is 6.66. The number of aromatic amines is 1. The van der Waals surface area contributed by atoms with Crippen molar-refractivity contribution in [3.05, 3.63) is 58.0 Å². The third-order valence-corrected chi connectivity index (χ3v) is 5.99. The summed E-state index contributed by atoms with van der Waals surface area (Å²) in [5, 5.41) is 10.4. The van der Waals surface area contributed by atoms with Crippen LogP contribution in [0.3, 0.4) is 0 Å². The van der Waals surface area contributed by atoms with Crippen LogP contribution in [-0.2, 0) is 16.1 Å². The Labute approximate surface area is 195 Å². The molecule has 1 aromatic carbocycles. The lowest BCUT2D eigenvalue weighted by atomic mass is 9.97. The first-order chi connectivity index (χ1) is 15.4. The van der Waals surface area contributed by atoms with E-state index in [9.17, 15) is 9.59 Å². The fourth-order valence-electron chi connectivity index (χ4n) is 3.80. The summed E-state index contributed by atoms with van der Waals surface area (Å²) in [6, 6.07) is 11.2. The van der Waals surface area contributed by atoms with Crippen molar-refractivity contribution in [1.29, 1.82) is 0 Å². The van der Waals surface area contributed by atoms with Crippen molar-refractivity contribution in [2.75, 3.05) is 18.4 Å². The molecule has 166 valence electrons. The Bertz CT molecular complexity index is 1190. The number of anilines is 1. The molecule has 2 aromatic heterocycles. The van der Waals surface area contributed by atoms with Gasteiger partial charge in [0.2, 0.25) is 11.8 Å². The second-order valence-electron chi connectivity index (χ2n) is 7.84. The molecule has 1 unspecified atom stereocenters. The van der Waals surface area contributed by atoms with Gasteiger partial charge < -0.3 is 10.2 Å². The topological polar surface area (TPSA) is 95.9 Å². The van der Waals surface area contributed by atoms with Crippen molar-refractivity contribution < 1.29 is 9.59 Å². The van der Waals surface area contributed by atoms with Gasteiger partial charge in [-0.05, 0) is 50.2 Å². The number of nitrogens with one attached hydrogen (secondary N) is 2. The van der Waals surface area contributed by atoms with E-state index in [0.29, 0.717) is 40.9 Å². The molecule has 2 N–H and O–H groups in total. The standard InChI is InChI=1S/C22H23ClN6O2S/c1-14-4-2-5-15(10-14)20-26-27-22(32)29(20)13-19(30)28-9-3-6-16(12-28)21(31)25-18-8-7-17(23)11-24-18/h2,4-5,7-8,10-11,16H,3,6,9,12-13H2,1H3,(H,27,32)(H,24,25,31). The highest BCUT2D eigenvalue weighted by Crippen LogP contribution is 2.22. The van der Waals surface area contributed by atoms with E-state index in [4.69, 9.17) is 23.8 Å². The maximum atomic E-state index is 13.1. The average Bonchev–Trinajstić information content (AvgIpc) is 3.15. The Morgan fingerprint density at radius 1 is 1.31 bits per heavy atom. The molecular formula is C22H23ClN6O2S. The van der Waals surface area contributed by atoms with E-state index in [1.54, 1.807) is 21.6 Å². The van der Waals surface area contributed by atoms with Crippen LogP contribution >= 0.6 is 23.8 Å². The van der Waals surface area contributed by atoms with Crippen LogP contribution in [-0.4, -0.2) is 49.6 Å². The van der Waals surface area contributed by atoms with Gasteiger partial charge in [0.15, 0.2) is 10.6 Å². The minimum Gasteiger partial charge on any atom is -0.340 e. The lowest BCUT2D eigenvalue weighted by molar-refractivity contribution is -0.135. The van der Waals surface area contributed by atoms with Gasteiger partial charge in [0.1, 0.15) is 12.4 Å². The first-order valence-electron chi connectivity index (χ1n) is 10.3. The number of halogens is 1. The van der Waals surface area contributed by atoms with Gasteiger partial charge in [-0.2, -0.15) is 5.10 Å². The molecule has 10 heteroatoms. The Balaban J connectivity index is 1.44. The summed E-state index contributed by atoms with van der Waals surface area (Å²) in [4.78, 5) is 31.6. The van der Waals surface area contributed by atoms with Crippen LogP contribution in [0.5, 0.6) is 0 Å². The Hall–Kier alpha value is -3.04. The van der Waals surface area contributed by atoms with Gasteiger partial charge >= 0.3 is 0 Å². The highest BCUT2D eigenvalue weighted by Gasteiger charge is 2.29. The SMILES string of the molecule is Cc1cccc(-c2n[nH]c(=S)n2CC(=O)N2CCCC(C(=O)Nc3ccc(Cl)cn3)C2)c1. The van der Waals surface area contributed by atoms with Crippen molar-refractivity contribution in [1.82, 2.24) is 24.6 Å². The maximum absolute atomic E-state index is 13.1. The number of nitrogens with zero attached hydrogens (tertiary/aromatic N) is 4. The lowest BCUT2D eigenvalue weighted by Crippen LogP contribution is -2.45. The molecule has 1 fully saturated rings. The molecule has 4 rings (SSSR count). The van der Waals surface area contributed by atoms with Crippen LogP contribution in [0.1, 0.15) is 18.4 Å². The van der Waals surface area contributed by atoms with E-state index >= 15 is 0 Å². The van der Waals surface area contributed by atoms with Crippen LogP contribution in [0.25, 0.3) is 11.4 Å². The number of hydrogen-bond acceptors (Lipinski definition) is 5. The molecule has 1 saturated heterocycles. The van der Waals surface area contributed by atoms with Crippen LogP contribution in [0.2, 0.25) is 5.02 Å². The zero-order valence-corrected chi connectivity index (χ0v) is 19.1. The van der Waals surface area contributed by atoms with Crippen LogP contribution < -0.4 is 5.32 Å². The van der Waals surface area contributed by atoms with Crippen molar-refractivity contribution >= 4 is 41.5 Å². The molecule has 0 radical (unpaired) electrons. The highest BCUT2D eigenvalue weighted by atomic mass is 35.5. The molecule has 32 heavy (non-hydrogen) atoms. The average molecular weight is 471 g/mol. The van der Waals surface area contributed by atoms with Crippen LogP contribution in [0.4, 0.5) is 5.82 Å². The van der Waals surface area contributed by atoms with Crippen LogP contribution in [0.15, 0.2) is 42.6 Å². The number of likely N-dealkylation sites (tertiary alicyclic amines) is 1. The largest absolute Gasteiger partial charge is 0.340 e. The molecule has 8 nitrogen and oxygen atoms in total. The number of amides is 2. The quantitative estimate of drug-likeness (QED) is 0.552. The number of hydrogen-bond donors (Lipinski definition) is 2. The van der Waals surface area contributed by atoms with Gasteiger partial charge in [-0.25, -0.2) is 4.98 Å². The summed E-state index contributed by atoms with van der Waals surface area (Å²) in [6.45, 7) is 3.01. The monoisotopic (exact) mass is 470 g/mol. The highest BCUT2D eigenvalue weighted by molar-refractivity contribution is 7.71. The first-order valence-corrected chi connectivity index (χ1v) is 11.1. The maximum Gasteiger partial charge on any atom is 0.242 e. The van der Waals surface area contributed by atoms with Gasteiger partial charge in [0.25, 0.3) is 0 Å². The number of carbonyl (C=O) groups is 2. The van der Waals surface area contributed by atoms with Crippen molar-refractivity contribution in [3.63, 3.8) is 0 Å². The van der Waals surface area contributed by atoms with E-state index in [2.05, 4.69) is 20.5 Å². The fraction of sp³-hybridized carbons (Fsp3) is 0.318. The summed E-state index contributed by atoms with van der Waals surface area (Å²) in [6.07, 6.45) is 2.94. The summed E-state index contributed by atoms with van der Waals surface area (Å²) >= 11 is 11.2. The molecule has 0 bridgehead atoms. The molecule has 1 atom stereocenters. The zero-order valence-electron chi connectivity index (χ0n) is 17.5. The molecule has 2 amide bonds. The van der Waals surface area contributed by atoms with Gasteiger partial charge in [0, 0.05) is 24.8 Å². The normalized spacial score (nSPS) is 16.1. The predicted octanol–water partition coefficient (Wildman–Crippen LogP) is 3.84. The smallest absolute Gasteiger partial charge is 0.242 e. The molecule has 3 heterocycles. The predicted molar refractivity (Wildman–Crippen MR) is 125 cm³/mol. The summed E-state index contributed by atoms with van der Waals surface area (Å²) in [7, 11) is 0. The van der Waals surface area contributed by atoms with Gasteiger partial charge in [0.05, 0.1) is 10.9 Å². The lowest BCUT2D eigenvalue weighted by Gasteiger charge is -2.32. The Morgan fingerprint density at radius 3 is 2.91 bits per heavy atom. The number of piperidine rings is 1. The molecule has 0 aliphatic carbocycles. The first kappa shape index (κ1) is 22.2. The van der Waals surface area contributed by atoms with Crippen molar-refractivity contribution in [2.24, 2.45) is 5.92 Å². The number of benzene rings is 1. The minimum atomic E-state index is -0.307. The number of rotatable bonds is 5. The van der Waals surface area contributed by atoms with Gasteiger partial charge in [-0.3, -0.25) is 19.3 Å². The third kappa shape index (κ3) is 5.05. The number of carbonyl (C=O) groups excluding carboxylic acids is 2. The molecular weight excluding hydrogens is 448 g/mol. The summed E-state index contributed by atoms with van der Waals surface area (Å²) in [5.41, 5.74) is 1.98. The van der Waals surface area contributed by atoms with E-state index in [-0.39, 0.29) is 24.3 Å². The molecule has 1 aliphatic rings. The number of aromatic nitrogens is 4. The van der Waals surface area contributed by atoms with Crippen molar-refractivity contribution in [2.45, 2.75) is 26.3 Å². The number of pyridine rings is 1. The second kappa shape index (κ2) is 9.62. The van der Waals surface area contributed by atoms with E-state index < -0.39 is 0 Å². The van der Waals surface area contributed by atoms with E-state index in [1.165, 1.54) is 6.20 Å². The van der Waals surface area contributed by atoms with E-state index in [1.807, 2.05) is 31.2 Å². The van der Waals surface area contributed by atoms with Gasteiger partial charge in [-0.1, -0.05) is 35.4 Å². The molecule has 1 aliphatic heterocycles.